The maximum absolute atomic E-state index is 12.7. The summed E-state index contributed by atoms with van der Waals surface area (Å²) in [5, 5.41) is 2.70. The summed E-state index contributed by atoms with van der Waals surface area (Å²) in [7, 11) is 0. The highest BCUT2D eigenvalue weighted by atomic mass is 19.4. The van der Waals surface area contributed by atoms with E-state index in [9.17, 15) is 22.8 Å². The Labute approximate surface area is 163 Å². The molecule has 3 rings (SSSR count). The second-order valence-electron chi connectivity index (χ2n) is 8.14. The van der Waals surface area contributed by atoms with Gasteiger partial charge in [0.25, 0.3) is 0 Å². The molecule has 0 radical (unpaired) electrons. The van der Waals surface area contributed by atoms with Crippen molar-refractivity contribution < 1.29 is 22.8 Å². The number of hydrogen-bond acceptors (Lipinski definition) is 2. The van der Waals surface area contributed by atoms with Crippen LogP contribution in [0.25, 0.3) is 0 Å². The van der Waals surface area contributed by atoms with Crippen molar-refractivity contribution in [3.8, 4) is 0 Å². The molecule has 1 N–H and O–H groups in total. The van der Waals surface area contributed by atoms with Crippen LogP contribution in [0, 0.1) is 17.8 Å². The number of nitrogens with one attached hydrogen (secondary N) is 1. The Morgan fingerprint density at radius 2 is 1.61 bits per heavy atom. The number of carbonyl (C=O) groups excluding carboxylic acids is 2. The number of benzene rings is 1. The second kappa shape index (κ2) is 8.53. The fourth-order valence-electron chi connectivity index (χ4n) is 4.24. The minimum absolute atomic E-state index is 0.0135. The summed E-state index contributed by atoms with van der Waals surface area (Å²) in [6.07, 6.45) is 0.472. The van der Waals surface area contributed by atoms with Gasteiger partial charge in [0.05, 0.1) is 5.56 Å². The Morgan fingerprint density at radius 3 is 2.18 bits per heavy atom. The summed E-state index contributed by atoms with van der Waals surface area (Å²) in [6, 6.07) is 4.47. The van der Waals surface area contributed by atoms with Crippen molar-refractivity contribution in [3.05, 3.63) is 29.8 Å². The monoisotopic (exact) mass is 396 g/mol. The van der Waals surface area contributed by atoms with E-state index < -0.39 is 11.7 Å². The SMILES string of the molecule is CC1CCCN(C(=O)C2CCC(C(=O)Nc3ccc(C(F)(F)F)cc3)CC2)C1. The van der Waals surface area contributed by atoms with Gasteiger partial charge >= 0.3 is 6.18 Å². The van der Waals surface area contributed by atoms with Gasteiger partial charge in [-0.1, -0.05) is 6.92 Å². The van der Waals surface area contributed by atoms with Crippen LogP contribution in [-0.4, -0.2) is 29.8 Å². The number of anilines is 1. The van der Waals surface area contributed by atoms with E-state index in [4.69, 9.17) is 0 Å². The second-order valence-corrected chi connectivity index (χ2v) is 8.14. The van der Waals surface area contributed by atoms with Crippen LogP contribution in [0.4, 0.5) is 18.9 Å². The van der Waals surface area contributed by atoms with Gasteiger partial charge < -0.3 is 10.2 Å². The highest BCUT2D eigenvalue weighted by Crippen LogP contribution is 2.33. The summed E-state index contributed by atoms with van der Waals surface area (Å²) < 4.78 is 37.8. The van der Waals surface area contributed by atoms with Crippen LogP contribution in [0.2, 0.25) is 0 Å². The molecule has 2 fully saturated rings. The lowest BCUT2D eigenvalue weighted by Crippen LogP contribution is -2.43. The van der Waals surface area contributed by atoms with E-state index in [2.05, 4.69) is 12.2 Å². The summed E-state index contributed by atoms with van der Waals surface area (Å²) in [6.45, 7) is 3.83. The third-order valence-corrected chi connectivity index (χ3v) is 5.90. The Hall–Kier alpha value is -2.05. The maximum Gasteiger partial charge on any atom is 0.416 e. The molecule has 1 saturated heterocycles. The number of rotatable bonds is 3. The van der Waals surface area contributed by atoms with Gasteiger partial charge in [-0.05, 0) is 68.7 Å². The largest absolute Gasteiger partial charge is 0.416 e. The predicted molar refractivity (Wildman–Crippen MR) is 100 cm³/mol. The molecule has 1 aromatic carbocycles. The molecule has 1 saturated carbocycles. The molecule has 154 valence electrons. The first-order chi connectivity index (χ1) is 13.2. The third-order valence-electron chi connectivity index (χ3n) is 5.90. The van der Waals surface area contributed by atoms with Gasteiger partial charge in [-0.3, -0.25) is 9.59 Å². The molecule has 0 bridgehead atoms. The van der Waals surface area contributed by atoms with Crippen molar-refractivity contribution in [1.82, 2.24) is 4.90 Å². The number of carbonyl (C=O) groups is 2. The number of hydrogen-bond donors (Lipinski definition) is 1. The van der Waals surface area contributed by atoms with E-state index in [1.807, 2.05) is 4.90 Å². The first-order valence-corrected chi connectivity index (χ1v) is 10.0. The van der Waals surface area contributed by atoms with Crippen molar-refractivity contribution in [1.29, 1.82) is 0 Å². The zero-order chi connectivity index (χ0) is 20.3. The van der Waals surface area contributed by atoms with Crippen LogP contribution in [0.3, 0.4) is 0 Å². The fourth-order valence-corrected chi connectivity index (χ4v) is 4.24. The molecule has 2 aliphatic rings. The van der Waals surface area contributed by atoms with Gasteiger partial charge in [0.15, 0.2) is 0 Å². The lowest BCUT2D eigenvalue weighted by atomic mass is 9.80. The molecule has 1 unspecified atom stereocenters. The maximum atomic E-state index is 12.7. The Balaban J connectivity index is 1.49. The molecule has 1 heterocycles. The molecule has 4 nitrogen and oxygen atoms in total. The molecular formula is C21H27F3N2O2. The number of halogens is 3. The zero-order valence-corrected chi connectivity index (χ0v) is 16.1. The molecule has 1 aliphatic carbocycles. The van der Waals surface area contributed by atoms with Crippen molar-refractivity contribution in [2.75, 3.05) is 18.4 Å². The third kappa shape index (κ3) is 5.06. The molecule has 0 aromatic heterocycles. The molecule has 0 spiro atoms. The van der Waals surface area contributed by atoms with Crippen molar-refractivity contribution in [2.24, 2.45) is 17.8 Å². The highest BCUT2D eigenvalue weighted by molar-refractivity contribution is 5.92. The lowest BCUT2D eigenvalue weighted by Gasteiger charge is -2.35. The lowest BCUT2D eigenvalue weighted by molar-refractivity contribution is -0.139. The molecule has 1 atom stereocenters. The molecule has 1 aromatic rings. The summed E-state index contributed by atoms with van der Waals surface area (Å²) in [5.74, 6) is 0.362. The molecule has 2 amide bonds. The van der Waals surface area contributed by atoms with Crippen molar-refractivity contribution >= 4 is 17.5 Å². The molecule has 1 aliphatic heterocycles. The van der Waals surface area contributed by atoms with E-state index in [1.54, 1.807) is 0 Å². The topological polar surface area (TPSA) is 49.4 Å². The van der Waals surface area contributed by atoms with Gasteiger partial charge in [0.1, 0.15) is 0 Å². The summed E-state index contributed by atoms with van der Waals surface area (Å²) in [4.78, 5) is 27.1. The predicted octanol–water partition coefficient (Wildman–Crippen LogP) is 4.71. The van der Waals surface area contributed by atoms with Crippen molar-refractivity contribution in [3.63, 3.8) is 0 Å². The van der Waals surface area contributed by atoms with E-state index >= 15 is 0 Å². The number of alkyl halides is 3. The van der Waals surface area contributed by atoms with Gasteiger partial charge in [0, 0.05) is 30.6 Å². The minimum Gasteiger partial charge on any atom is -0.342 e. The van der Waals surface area contributed by atoms with Crippen LogP contribution < -0.4 is 5.32 Å². The first kappa shape index (κ1) is 20.7. The van der Waals surface area contributed by atoms with Gasteiger partial charge in [-0.2, -0.15) is 13.2 Å². The van der Waals surface area contributed by atoms with Gasteiger partial charge in [-0.15, -0.1) is 0 Å². The number of nitrogens with zero attached hydrogens (tertiary/aromatic N) is 1. The van der Waals surface area contributed by atoms with Gasteiger partial charge in [-0.25, -0.2) is 0 Å². The minimum atomic E-state index is -4.39. The van der Waals surface area contributed by atoms with Crippen LogP contribution in [0.5, 0.6) is 0 Å². The summed E-state index contributed by atoms with van der Waals surface area (Å²) >= 11 is 0. The van der Waals surface area contributed by atoms with E-state index in [0.717, 1.165) is 31.6 Å². The smallest absolute Gasteiger partial charge is 0.342 e. The fraction of sp³-hybridized carbons (Fsp3) is 0.619. The molecular weight excluding hydrogens is 369 g/mol. The standard InChI is InChI=1S/C21H27F3N2O2/c1-14-3-2-12-26(13-14)20(28)16-6-4-15(5-7-16)19(27)25-18-10-8-17(9-11-18)21(22,23)24/h8-11,14-16H,2-7,12-13H2,1H3,(H,25,27). The van der Waals surface area contributed by atoms with Crippen LogP contribution in [0.1, 0.15) is 51.0 Å². The normalized spacial score (nSPS) is 26.0. The Bertz CT molecular complexity index is 695. The van der Waals surface area contributed by atoms with Crippen molar-refractivity contribution in [2.45, 2.75) is 51.6 Å². The average Bonchev–Trinajstić information content (AvgIpc) is 2.67. The molecule has 7 heteroatoms. The number of likely N-dealkylation sites (tertiary alicyclic amines) is 1. The van der Waals surface area contributed by atoms with Gasteiger partial charge in [0.2, 0.25) is 11.8 Å². The highest BCUT2D eigenvalue weighted by Gasteiger charge is 2.34. The Morgan fingerprint density at radius 1 is 1.00 bits per heavy atom. The van der Waals surface area contributed by atoms with E-state index in [1.165, 1.54) is 18.6 Å². The van der Waals surface area contributed by atoms with E-state index in [-0.39, 0.29) is 23.7 Å². The zero-order valence-electron chi connectivity index (χ0n) is 16.1. The van der Waals surface area contributed by atoms with Crippen LogP contribution in [0.15, 0.2) is 24.3 Å². The quantitative estimate of drug-likeness (QED) is 0.805. The van der Waals surface area contributed by atoms with Crippen LogP contribution >= 0.6 is 0 Å². The first-order valence-electron chi connectivity index (χ1n) is 10.0. The summed E-state index contributed by atoms with van der Waals surface area (Å²) in [5.41, 5.74) is -0.380. The van der Waals surface area contributed by atoms with E-state index in [0.29, 0.717) is 37.3 Å². The van der Waals surface area contributed by atoms with Crippen LogP contribution in [-0.2, 0) is 15.8 Å². The number of piperidine rings is 1. The Kier molecular flexibility index (Phi) is 6.30. The number of amides is 2. The average molecular weight is 396 g/mol. The molecule has 28 heavy (non-hydrogen) atoms.